The highest BCUT2D eigenvalue weighted by atomic mass is 35.5. The lowest BCUT2D eigenvalue weighted by atomic mass is 10.1. The van der Waals surface area contributed by atoms with E-state index in [9.17, 15) is 14.4 Å². The zero-order valence-electron chi connectivity index (χ0n) is 13.7. The van der Waals surface area contributed by atoms with Crippen LogP contribution in [0, 0.1) is 5.92 Å². The molecule has 1 heterocycles. The molecule has 0 atom stereocenters. The maximum absolute atomic E-state index is 11.9. The Morgan fingerprint density at radius 3 is 2.59 bits per heavy atom. The van der Waals surface area contributed by atoms with Crippen molar-refractivity contribution in [1.29, 1.82) is 0 Å². The summed E-state index contributed by atoms with van der Waals surface area (Å²) in [5.74, 6) is 0.641. The Morgan fingerprint density at radius 2 is 2.00 bits per heavy atom. The molecule has 140 valence electrons. The molecule has 2 aromatic rings. The summed E-state index contributed by atoms with van der Waals surface area (Å²) in [6, 6.07) is 2.82. The molecule has 0 saturated heterocycles. The average molecular weight is 410 g/mol. The zero-order chi connectivity index (χ0) is 19.4. The minimum absolute atomic E-state index is 0.0601. The predicted octanol–water partition coefficient (Wildman–Crippen LogP) is 1.84. The number of benzene rings is 1. The van der Waals surface area contributed by atoms with Crippen LogP contribution in [0.2, 0.25) is 10.0 Å². The van der Waals surface area contributed by atoms with Crippen LogP contribution in [0.4, 0.5) is 0 Å². The molecule has 9 nitrogen and oxygen atoms in total. The maximum Gasteiger partial charge on any atom is 0.342 e. The Morgan fingerprint density at radius 1 is 1.30 bits per heavy atom. The van der Waals surface area contributed by atoms with Crippen molar-refractivity contribution in [1.82, 2.24) is 20.6 Å². The van der Waals surface area contributed by atoms with E-state index in [0.29, 0.717) is 12.3 Å². The van der Waals surface area contributed by atoms with Crippen LogP contribution in [-0.4, -0.2) is 27.5 Å². The third-order valence-electron chi connectivity index (χ3n) is 3.55. The highest BCUT2D eigenvalue weighted by molar-refractivity contribution is 6.37. The van der Waals surface area contributed by atoms with Crippen LogP contribution in [0.25, 0.3) is 11.3 Å². The van der Waals surface area contributed by atoms with Crippen LogP contribution >= 0.6 is 23.2 Å². The number of carbonyl (C=O) groups excluding carboxylic acids is 1. The summed E-state index contributed by atoms with van der Waals surface area (Å²) in [7, 11) is 0. The quantitative estimate of drug-likeness (QED) is 0.290. The van der Waals surface area contributed by atoms with Gasteiger partial charge in [-0.05, 0) is 37.0 Å². The highest BCUT2D eigenvalue weighted by Gasteiger charge is 2.19. The van der Waals surface area contributed by atoms with Crippen LogP contribution in [0.15, 0.2) is 39.0 Å². The molecule has 0 aliphatic heterocycles. The number of halogens is 2. The first-order valence-electron chi connectivity index (χ1n) is 7.79. The molecule has 1 aliphatic carbocycles. The minimum atomic E-state index is -0.730. The molecule has 0 radical (unpaired) electrons. The number of aromatic nitrogens is 3. The Bertz CT molecular complexity index is 1020. The number of carbonyl (C=O) groups is 1. The Hall–Kier alpha value is -2.91. The molecule has 11 heteroatoms. The second kappa shape index (κ2) is 8.19. The number of H-pyrrole nitrogens is 2. The van der Waals surface area contributed by atoms with Gasteiger partial charge >= 0.3 is 5.69 Å². The van der Waals surface area contributed by atoms with Gasteiger partial charge in [-0.3, -0.25) is 14.6 Å². The highest BCUT2D eigenvalue weighted by Crippen LogP contribution is 2.37. The molecular weight excluding hydrogens is 397 g/mol. The van der Waals surface area contributed by atoms with Crippen LogP contribution < -0.4 is 21.4 Å². The second-order valence-electron chi connectivity index (χ2n) is 5.62. The number of hydrogen-bond acceptors (Lipinski definition) is 6. The lowest BCUT2D eigenvalue weighted by molar-refractivity contribution is -0.109. The molecular formula is C16H13Cl2N5O4. The second-order valence-corrected chi connectivity index (χ2v) is 6.43. The Kier molecular flexibility index (Phi) is 5.72. The standard InChI is InChI=1S/C16H13Cl2N5O4/c17-10-5-9(13-15(25)20-16(26)23-22-13)6-11(18)14(10)27-12(21-19-7-24)4-3-8-1-2-8/h3-8H,1-2H2,(H,19,24)(H2,20,23,25,26)/b4-3+,21-12+. The van der Waals surface area contributed by atoms with Crippen LogP contribution in [0.3, 0.4) is 0 Å². The summed E-state index contributed by atoms with van der Waals surface area (Å²) in [4.78, 5) is 35.5. The van der Waals surface area contributed by atoms with Gasteiger partial charge in [0, 0.05) is 5.56 Å². The van der Waals surface area contributed by atoms with Crippen LogP contribution in [-0.2, 0) is 4.79 Å². The van der Waals surface area contributed by atoms with E-state index < -0.39 is 11.2 Å². The van der Waals surface area contributed by atoms with Gasteiger partial charge in [0.25, 0.3) is 5.56 Å². The smallest absolute Gasteiger partial charge is 0.342 e. The number of allylic oxidation sites excluding steroid dienone is 1. The van der Waals surface area contributed by atoms with E-state index in [-0.39, 0.29) is 32.9 Å². The molecule has 0 bridgehead atoms. The molecule has 0 spiro atoms. The number of ether oxygens (including phenoxy) is 1. The SMILES string of the molecule is O=CN/N=C(\C=C\C1CC1)Oc1c(Cl)cc(-c2n[nH]c(=O)[nH]c2=O)cc1Cl. The number of aromatic amines is 2. The van der Waals surface area contributed by atoms with Crippen molar-refractivity contribution in [3.8, 4) is 17.0 Å². The fraction of sp³-hybridized carbons (Fsp3) is 0.188. The molecule has 1 aromatic carbocycles. The third kappa shape index (κ3) is 4.83. The van der Waals surface area contributed by atoms with E-state index in [1.807, 2.05) is 6.08 Å². The molecule has 3 N–H and O–H groups in total. The van der Waals surface area contributed by atoms with Gasteiger partial charge in [-0.1, -0.05) is 29.3 Å². The third-order valence-corrected chi connectivity index (χ3v) is 4.11. The fourth-order valence-electron chi connectivity index (χ4n) is 2.13. The van der Waals surface area contributed by atoms with Crippen molar-refractivity contribution in [2.75, 3.05) is 0 Å². The average Bonchev–Trinajstić information content (AvgIpc) is 3.44. The topological polar surface area (TPSA) is 129 Å². The van der Waals surface area contributed by atoms with Crippen molar-refractivity contribution < 1.29 is 9.53 Å². The van der Waals surface area contributed by atoms with E-state index in [4.69, 9.17) is 27.9 Å². The molecule has 1 fully saturated rings. The Labute approximate surface area is 162 Å². The summed E-state index contributed by atoms with van der Waals surface area (Å²) in [6.45, 7) is 0. The van der Waals surface area contributed by atoms with Gasteiger partial charge in [-0.15, -0.1) is 5.10 Å². The maximum atomic E-state index is 11.9. The molecule has 3 rings (SSSR count). The number of nitrogens with zero attached hydrogens (tertiary/aromatic N) is 2. The van der Waals surface area contributed by atoms with E-state index in [1.54, 1.807) is 6.08 Å². The van der Waals surface area contributed by atoms with Crippen molar-refractivity contribution in [3.63, 3.8) is 0 Å². The van der Waals surface area contributed by atoms with Crippen LogP contribution in [0.5, 0.6) is 5.75 Å². The molecule has 1 aliphatic rings. The number of amides is 1. The zero-order valence-corrected chi connectivity index (χ0v) is 15.2. The fourth-order valence-corrected chi connectivity index (χ4v) is 2.70. The van der Waals surface area contributed by atoms with E-state index in [2.05, 4.69) is 25.7 Å². The monoisotopic (exact) mass is 409 g/mol. The minimum Gasteiger partial charge on any atom is -0.434 e. The van der Waals surface area contributed by atoms with Gasteiger partial charge in [0.2, 0.25) is 12.3 Å². The van der Waals surface area contributed by atoms with Crippen molar-refractivity contribution in [2.45, 2.75) is 12.8 Å². The summed E-state index contributed by atoms with van der Waals surface area (Å²) in [5.41, 5.74) is 0.962. The van der Waals surface area contributed by atoms with Crippen molar-refractivity contribution >= 4 is 35.5 Å². The number of nitrogens with one attached hydrogen (secondary N) is 3. The van der Waals surface area contributed by atoms with Gasteiger partial charge in [-0.2, -0.15) is 5.10 Å². The summed E-state index contributed by atoms with van der Waals surface area (Å²) >= 11 is 12.5. The first-order valence-corrected chi connectivity index (χ1v) is 8.55. The molecule has 0 unspecified atom stereocenters. The van der Waals surface area contributed by atoms with E-state index in [0.717, 1.165) is 12.8 Å². The van der Waals surface area contributed by atoms with Gasteiger partial charge < -0.3 is 4.74 Å². The molecule has 1 amide bonds. The van der Waals surface area contributed by atoms with Gasteiger partial charge in [0.1, 0.15) is 0 Å². The van der Waals surface area contributed by atoms with Gasteiger partial charge in [0.15, 0.2) is 11.4 Å². The first kappa shape index (κ1) is 18.9. The van der Waals surface area contributed by atoms with Crippen molar-refractivity contribution in [3.05, 3.63) is 55.2 Å². The number of hydrazone groups is 1. The Balaban J connectivity index is 1.92. The number of hydrogen-bond donors (Lipinski definition) is 3. The lowest BCUT2D eigenvalue weighted by Crippen LogP contribution is -2.25. The predicted molar refractivity (Wildman–Crippen MR) is 100 cm³/mol. The largest absolute Gasteiger partial charge is 0.434 e. The van der Waals surface area contributed by atoms with Crippen LogP contribution in [0.1, 0.15) is 12.8 Å². The summed E-state index contributed by atoms with van der Waals surface area (Å²) in [6.07, 6.45) is 6.09. The van der Waals surface area contributed by atoms with E-state index >= 15 is 0 Å². The lowest BCUT2D eigenvalue weighted by Gasteiger charge is -2.11. The molecule has 1 saturated carbocycles. The van der Waals surface area contributed by atoms with Gasteiger partial charge in [0.05, 0.1) is 10.0 Å². The van der Waals surface area contributed by atoms with Crippen molar-refractivity contribution in [2.24, 2.45) is 11.0 Å². The van der Waals surface area contributed by atoms with Gasteiger partial charge in [-0.25, -0.2) is 15.3 Å². The normalized spacial score (nSPS) is 14.4. The molecule has 27 heavy (non-hydrogen) atoms. The first-order chi connectivity index (χ1) is 13.0. The summed E-state index contributed by atoms with van der Waals surface area (Å²) in [5, 5.41) is 9.79. The van der Waals surface area contributed by atoms with E-state index in [1.165, 1.54) is 12.1 Å². The number of rotatable bonds is 6. The summed E-state index contributed by atoms with van der Waals surface area (Å²) < 4.78 is 5.61. The molecule has 1 aromatic heterocycles.